The predicted molar refractivity (Wildman–Crippen MR) is 75.2 cm³/mol. The quantitative estimate of drug-likeness (QED) is 0.633. The van der Waals surface area contributed by atoms with Crippen LogP contribution in [0.4, 0.5) is 0 Å². The molecule has 0 aromatic carbocycles. The number of methoxy groups -OCH3 is 2. The highest BCUT2D eigenvalue weighted by atomic mass is 16.5. The smallest absolute Gasteiger partial charge is 0.222 e. The molecule has 5 heteroatoms. The lowest BCUT2D eigenvalue weighted by Gasteiger charge is -2.27. The van der Waals surface area contributed by atoms with Crippen LogP contribution in [0.5, 0.6) is 0 Å². The molecule has 0 spiro atoms. The molecule has 0 aromatic heterocycles. The molecule has 0 unspecified atom stereocenters. The van der Waals surface area contributed by atoms with Gasteiger partial charge in [-0.05, 0) is 38.3 Å². The van der Waals surface area contributed by atoms with Crippen molar-refractivity contribution in [3.63, 3.8) is 0 Å². The van der Waals surface area contributed by atoms with Crippen molar-refractivity contribution in [1.82, 2.24) is 10.2 Å². The summed E-state index contributed by atoms with van der Waals surface area (Å²) in [6.45, 7) is 4.83. The van der Waals surface area contributed by atoms with Gasteiger partial charge in [0.15, 0.2) is 0 Å². The average molecular weight is 272 g/mol. The first-order valence-corrected chi connectivity index (χ1v) is 7.24. The van der Waals surface area contributed by atoms with Crippen molar-refractivity contribution < 1.29 is 14.3 Å². The molecule has 1 amide bonds. The summed E-state index contributed by atoms with van der Waals surface area (Å²) in [5.41, 5.74) is 0. The maximum Gasteiger partial charge on any atom is 0.222 e. The first-order valence-electron chi connectivity index (χ1n) is 7.24. The summed E-state index contributed by atoms with van der Waals surface area (Å²) in [7, 11) is 3.36. The first kappa shape index (κ1) is 16.4. The van der Waals surface area contributed by atoms with Gasteiger partial charge in [0.1, 0.15) is 0 Å². The van der Waals surface area contributed by atoms with Gasteiger partial charge in [-0.25, -0.2) is 0 Å². The van der Waals surface area contributed by atoms with E-state index in [4.69, 9.17) is 9.47 Å². The molecule has 1 N–H and O–H groups in total. The minimum Gasteiger partial charge on any atom is -0.385 e. The van der Waals surface area contributed by atoms with E-state index >= 15 is 0 Å². The summed E-state index contributed by atoms with van der Waals surface area (Å²) >= 11 is 0. The van der Waals surface area contributed by atoms with Crippen LogP contribution in [0, 0.1) is 5.92 Å². The molecular formula is C14H28N2O3. The fraction of sp³-hybridized carbons (Fsp3) is 0.929. The van der Waals surface area contributed by atoms with Gasteiger partial charge in [-0.3, -0.25) is 4.79 Å². The summed E-state index contributed by atoms with van der Waals surface area (Å²) in [6.07, 6.45) is 3.79. The van der Waals surface area contributed by atoms with Crippen molar-refractivity contribution in [2.75, 3.05) is 53.6 Å². The Labute approximate surface area is 116 Å². The number of carbonyl (C=O) groups is 1. The second kappa shape index (κ2) is 10.2. The van der Waals surface area contributed by atoms with Gasteiger partial charge in [0, 0.05) is 40.3 Å². The third-order valence-electron chi connectivity index (χ3n) is 3.62. The lowest BCUT2D eigenvalue weighted by atomic mass is 9.94. The second-order valence-corrected chi connectivity index (χ2v) is 5.12. The third kappa shape index (κ3) is 6.89. The second-order valence-electron chi connectivity index (χ2n) is 5.12. The van der Waals surface area contributed by atoms with E-state index in [1.54, 1.807) is 14.2 Å². The van der Waals surface area contributed by atoms with Crippen LogP contribution < -0.4 is 5.32 Å². The monoisotopic (exact) mass is 272 g/mol. The number of amides is 1. The van der Waals surface area contributed by atoms with Gasteiger partial charge in [-0.15, -0.1) is 0 Å². The zero-order valence-corrected chi connectivity index (χ0v) is 12.3. The maximum atomic E-state index is 12.3. The minimum absolute atomic E-state index is 0.264. The van der Waals surface area contributed by atoms with Crippen LogP contribution in [0.25, 0.3) is 0 Å². The number of rotatable bonds is 9. The molecule has 0 aromatic rings. The van der Waals surface area contributed by atoms with Crippen molar-refractivity contribution in [1.29, 1.82) is 0 Å². The molecule has 112 valence electrons. The van der Waals surface area contributed by atoms with Crippen molar-refractivity contribution in [2.24, 2.45) is 5.92 Å². The molecular weight excluding hydrogens is 244 g/mol. The molecule has 0 atom stereocenters. The van der Waals surface area contributed by atoms with Gasteiger partial charge >= 0.3 is 0 Å². The van der Waals surface area contributed by atoms with Gasteiger partial charge in [0.2, 0.25) is 5.91 Å². The Hall–Kier alpha value is -0.650. The summed E-state index contributed by atoms with van der Waals surface area (Å²) in [5, 5.41) is 3.33. The number of nitrogens with zero attached hydrogens (tertiary/aromatic N) is 1. The Morgan fingerprint density at radius 3 is 2.47 bits per heavy atom. The number of hydrogen-bond donors (Lipinski definition) is 1. The molecule has 1 saturated heterocycles. The van der Waals surface area contributed by atoms with Crippen LogP contribution in [-0.2, 0) is 14.3 Å². The fourth-order valence-electron chi connectivity index (χ4n) is 2.42. The normalized spacial score (nSPS) is 16.5. The average Bonchev–Trinajstić information content (AvgIpc) is 2.43. The van der Waals surface area contributed by atoms with E-state index in [0.717, 1.165) is 38.9 Å². The third-order valence-corrected chi connectivity index (χ3v) is 3.62. The van der Waals surface area contributed by atoms with Crippen LogP contribution in [0.15, 0.2) is 0 Å². The van der Waals surface area contributed by atoms with Crippen LogP contribution in [0.3, 0.4) is 0 Å². The zero-order valence-electron chi connectivity index (χ0n) is 12.3. The minimum atomic E-state index is 0.264. The molecule has 1 aliphatic heterocycles. The Kier molecular flexibility index (Phi) is 8.79. The summed E-state index contributed by atoms with van der Waals surface area (Å²) in [6, 6.07) is 0. The Morgan fingerprint density at radius 1 is 1.16 bits per heavy atom. The van der Waals surface area contributed by atoms with Gasteiger partial charge in [0.05, 0.1) is 6.61 Å². The van der Waals surface area contributed by atoms with Crippen molar-refractivity contribution in [3.8, 4) is 0 Å². The van der Waals surface area contributed by atoms with E-state index in [1.165, 1.54) is 0 Å². The molecule has 19 heavy (non-hydrogen) atoms. The Bertz CT molecular complexity index is 243. The van der Waals surface area contributed by atoms with Crippen molar-refractivity contribution in [3.05, 3.63) is 0 Å². The Morgan fingerprint density at radius 2 is 1.84 bits per heavy atom. The van der Waals surface area contributed by atoms with E-state index in [-0.39, 0.29) is 5.91 Å². The van der Waals surface area contributed by atoms with E-state index in [1.807, 2.05) is 4.90 Å². The lowest BCUT2D eigenvalue weighted by molar-refractivity contribution is -0.133. The number of carbonyl (C=O) groups excluding carboxylic acids is 1. The molecule has 0 bridgehead atoms. The maximum absolute atomic E-state index is 12.3. The molecule has 0 radical (unpaired) electrons. The zero-order chi connectivity index (χ0) is 13.9. The number of ether oxygens (including phenoxy) is 2. The van der Waals surface area contributed by atoms with Crippen molar-refractivity contribution >= 4 is 5.91 Å². The molecule has 5 nitrogen and oxygen atoms in total. The molecule has 1 rings (SSSR count). The van der Waals surface area contributed by atoms with E-state index in [2.05, 4.69) is 5.32 Å². The van der Waals surface area contributed by atoms with E-state index in [0.29, 0.717) is 32.1 Å². The molecule has 1 heterocycles. The Balaban J connectivity index is 2.35. The molecule has 0 aliphatic carbocycles. The van der Waals surface area contributed by atoms with Gasteiger partial charge in [-0.2, -0.15) is 0 Å². The van der Waals surface area contributed by atoms with Crippen LogP contribution in [0.1, 0.15) is 25.7 Å². The van der Waals surface area contributed by atoms with Crippen LogP contribution in [0.2, 0.25) is 0 Å². The number of nitrogens with one attached hydrogen (secondary N) is 1. The molecule has 1 aliphatic rings. The molecule has 1 fully saturated rings. The first-order chi connectivity index (χ1) is 9.27. The fourth-order valence-corrected chi connectivity index (χ4v) is 2.42. The highest BCUT2D eigenvalue weighted by molar-refractivity contribution is 5.76. The highest BCUT2D eigenvalue weighted by Gasteiger charge is 2.20. The van der Waals surface area contributed by atoms with E-state index in [9.17, 15) is 4.79 Å². The largest absolute Gasteiger partial charge is 0.385 e. The SMILES string of the molecule is COCCCN(CCOC)C(=O)CC1CCNCC1. The predicted octanol–water partition coefficient (Wildman–Crippen LogP) is 0.888. The highest BCUT2D eigenvalue weighted by Crippen LogP contribution is 2.17. The van der Waals surface area contributed by atoms with Crippen LogP contribution >= 0.6 is 0 Å². The van der Waals surface area contributed by atoms with Gasteiger partial charge in [-0.1, -0.05) is 0 Å². The topological polar surface area (TPSA) is 50.8 Å². The molecule has 0 saturated carbocycles. The van der Waals surface area contributed by atoms with E-state index < -0.39 is 0 Å². The van der Waals surface area contributed by atoms with Gasteiger partial charge in [0.25, 0.3) is 0 Å². The van der Waals surface area contributed by atoms with Gasteiger partial charge < -0.3 is 19.7 Å². The van der Waals surface area contributed by atoms with Crippen LogP contribution in [-0.4, -0.2) is 64.4 Å². The number of hydrogen-bond acceptors (Lipinski definition) is 4. The van der Waals surface area contributed by atoms with Crippen molar-refractivity contribution in [2.45, 2.75) is 25.7 Å². The summed E-state index contributed by atoms with van der Waals surface area (Å²) in [5.74, 6) is 0.807. The number of piperidine rings is 1. The standard InChI is InChI=1S/C14H28N2O3/c1-18-10-3-8-16(9-11-19-2)14(17)12-13-4-6-15-7-5-13/h13,15H,3-12H2,1-2H3. The lowest BCUT2D eigenvalue weighted by Crippen LogP contribution is -2.38. The summed E-state index contributed by atoms with van der Waals surface area (Å²) in [4.78, 5) is 14.2. The summed E-state index contributed by atoms with van der Waals surface area (Å²) < 4.78 is 10.1.